The van der Waals surface area contributed by atoms with Crippen molar-refractivity contribution in [1.82, 2.24) is 24.5 Å². The van der Waals surface area contributed by atoms with E-state index in [1.54, 1.807) is 6.33 Å². The molecule has 2 rings (SSSR count). The second-order valence-corrected chi connectivity index (χ2v) is 5.69. The molecule has 2 N–H and O–H groups in total. The van der Waals surface area contributed by atoms with Crippen molar-refractivity contribution >= 4 is 0 Å². The molecule has 0 saturated heterocycles. The van der Waals surface area contributed by atoms with Gasteiger partial charge in [-0.1, -0.05) is 27.7 Å². The average molecular weight is 290 g/mol. The largest absolute Gasteiger partial charge is 0.326 e. The lowest BCUT2D eigenvalue weighted by Crippen LogP contribution is -2.15. The maximum Gasteiger partial charge on any atom is 0.148 e. The molecular formula is C15H26N6. The summed E-state index contributed by atoms with van der Waals surface area (Å²) in [5.41, 5.74) is 9.41. The van der Waals surface area contributed by atoms with Crippen LogP contribution in [0.4, 0.5) is 0 Å². The monoisotopic (exact) mass is 290 g/mol. The van der Waals surface area contributed by atoms with E-state index in [1.165, 1.54) is 11.3 Å². The van der Waals surface area contributed by atoms with Gasteiger partial charge < -0.3 is 5.73 Å². The van der Waals surface area contributed by atoms with Crippen molar-refractivity contribution in [1.29, 1.82) is 0 Å². The predicted molar refractivity (Wildman–Crippen MR) is 82.8 cm³/mol. The van der Waals surface area contributed by atoms with Gasteiger partial charge in [-0.2, -0.15) is 10.2 Å². The summed E-state index contributed by atoms with van der Waals surface area (Å²) in [5, 5.41) is 9.04. The number of nitrogens with zero attached hydrogens (tertiary/aromatic N) is 5. The first-order chi connectivity index (χ1) is 10.1. The SMILES string of the molecule is CCc1nn(Cc2ncnn2CC(C)C)c(CC)c1CN. The van der Waals surface area contributed by atoms with Crippen molar-refractivity contribution < 1.29 is 0 Å². The summed E-state index contributed by atoms with van der Waals surface area (Å²) in [4.78, 5) is 4.39. The van der Waals surface area contributed by atoms with E-state index < -0.39 is 0 Å². The third-order valence-corrected chi connectivity index (χ3v) is 3.65. The highest BCUT2D eigenvalue weighted by Gasteiger charge is 2.16. The van der Waals surface area contributed by atoms with E-state index in [2.05, 4.69) is 37.8 Å². The van der Waals surface area contributed by atoms with Crippen molar-refractivity contribution in [2.45, 2.75) is 60.2 Å². The molecular weight excluding hydrogens is 264 g/mol. The Kier molecular flexibility index (Phi) is 5.12. The van der Waals surface area contributed by atoms with Crippen LogP contribution in [0.1, 0.15) is 50.5 Å². The van der Waals surface area contributed by atoms with Gasteiger partial charge in [0.15, 0.2) is 0 Å². The molecule has 0 bridgehead atoms. The highest BCUT2D eigenvalue weighted by molar-refractivity contribution is 5.27. The van der Waals surface area contributed by atoms with E-state index in [9.17, 15) is 0 Å². The van der Waals surface area contributed by atoms with Crippen LogP contribution >= 0.6 is 0 Å². The second-order valence-electron chi connectivity index (χ2n) is 5.69. The van der Waals surface area contributed by atoms with Crippen LogP contribution in [0.5, 0.6) is 0 Å². The van der Waals surface area contributed by atoms with Gasteiger partial charge in [0.1, 0.15) is 18.7 Å². The molecule has 0 aliphatic heterocycles. The van der Waals surface area contributed by atoms with E-state index in [1.807, 2.05) is 9.36 Å². The molecule has 0 saturated carbocycles. The molecule has 0 spiro atoms. The first-order valence-corrected chi connectivity index (χ1v) is 7.74. The van der Waals surface area contributed by atoms with Gasteiger partial charge in [-0.3, -0.25) is 4.68 Å². The Morgan fingerprint density at radius 3 is 2.52 bits per heavy atom. The number of hydrogen-bond acceptors (Lipinski definition) is 4. The Balaban J connectivity index is 2.31. The van der Waals surface area contributed by atoms with E-state index in [0.29, 0.717) is 19.0 Å². The quantitative estimate of drug-likeness (QED) is 0.843. The zero-order valence-electron chi connectivity index (χ0n) is 13.5. The van der Waals surface area contributed by atoms with Crippen LogP contribution in [0.15, 0.2) is 6.33 Å². The lowest BCUT2D eigenvalue weighted by molar-refractivity contribution is 0.454. The van der Waals surface area contributed by atoms with Gasteiger partial charge in [-0.15, -0.1) is 0 Å². The summed E-state index contributed by atoms with van der Waals surface area (Å²) in [7, 11) is 0. The van der Waals surface area contributed by atoms with Gasteiger partial charge in [0.2, 0.25) is 0 Å². The van der Waals surface area contributed by atoms with E-state index in [0.717, 1.165) is 30.9 Å². The maximum absolute atomic E-state index is 5.90. The molecule has 6 nitrogen and oxygen atoms in total. The Morgan fingerprint density at radius 2 is 1.95 bits per heavy atom. The molecule has 0 aliphatic rings. The zero-order valence-corrected chi connectivity index (χ0v) is 13.5. The Labute approximate surface area is 126 Å². The molecule has 2 aromatic rings. The van der Waals surface area contributed by atoms with E-state index >= 15 is 0 Å². The van der Waals surface area contributed by atoms with Gasteiger partial charge in [0.25, 0.3) is 0 Å². The fourth-order valence-corrected chi connectivity index (χ4v) is 2.68. The average Bonchev–Trinajstić information content (AvgIpc) is 3.02. The number of rotatable bonds is 7. The smallest absolute Gasteiger partial charge is 0.148 e. The molecule has 0 radical (unpaired) electrons. The second kappa shape index (κ2) is 6.85. The van der Waals surface area contributed by atoms with Crippen LogP contribution in [0.3, 0.4) is 0 Å². The van der Waals surface area contributed by atoms with Crippen molar-refractivity contribution in [3.05, 3.63) is 29.1 Å². The number of nitrogens with two attached hydrogens (primary N) is 1. The Hall–Kier alpha value is -1.69. The number of aromatic nitrogens is 5. The van der Waals surface area contributed by atoms with Crippen molar-refractivity contribution in [2.75, 3.05) is 0 Å². The van der Waals surface area contributed by atoms with Gasteiger partial charge in [0, 0.05) is 24.3 Å². The first-order valence-electron chi connectivity index (χ1n) is 7.74. The Bertz CT molecular complexity index is 581. The lowest BCUT2D eigenvalue weighted by Gasteiger charge is -2.10. The fraction of sp³-hybridized carbons (Fsp3) is 0.667. The van der Waals surface area contributed by atoms with Crippen LogP contribution < -0.4 is 5.73 Å². The summed E-state index contributed by atoms with van der Waals surface area (Å²) in [6.07, 6.45) is 3.46. The minimum absolute atomic E-state index is 0.541. The highest BCUT2D eigenvalue weighted by atomic mass is 15.4. The molecule has 2 heterocycles. The standard InChI is InChI=1S/C15H26N6/c1-5-13-12(7-16)14(6-2)20(19-13)9-15-17-10-18-21(15)8-11(3)4/h10-11H,5-9,16H2,1-4H3. The minimum Gasteiger partial charge on any atom is -0.326 e. The number of aryl methyl sites for hydroxylation is 1. The highest BCUT2D eigenvalue weighted by Crippen LogP contribution is 2.17. The van der Waals surface area contributed by atoms with E-state index in [4.69, 9.17) is 10.8 Å². The van der Waals surface area contributed by atoms with Crippen LogP contribution in [-0.2, 0) is 32.5 Å². The third-order valence-electron chi connectivity index (χ3n) is 3.65. The molecule has 2 aromatic heterocycles. The molecule has 0 atom stereocenters. The first kappa shape index (κ1) is 15.7. The molecule has 0 amide bonds. The summed E-state index contributed by atoms with van der Waals surface area (Å²) in [5.74, 6) is 1.49. The minimum atomic E-state index is 0.541. The molecule has 0 aliphatic carbocycles. The summed E-state index contributed by atoms with van der Waals surface area (Å²) >= 11 is 0. The molecule has 0 fully saturated rings. The predicted octanol–water partition coefficient (Wildman–Crippen LogP) is 1.76. The lowest BCUT2D eigenvalue weighted by atomic mass is 10.1. The maximum atomic E-state index is 5.90. The molecule has 0 aromatic carbocycles. The van der Waals surface area contributed by atoms with Crippen LogP contribution in [0.25, 0.3) is 0 Å². The molecule has 6 heteroatoms. The molecule has 116 valence electrons. The van der Waals surface area contributed by atoms with Gasteiger partial charge in [-0.05, 0) is 18.8 Å². The molecule has 21 heavy (non-hydrogen) atoms. The van der Waals surface area contributed by atoms with Crippen molar-refractivity contribution in [2.24, 2.45) is 11.7 Å². The van der Waals surface area contributed by atoms with Crippen LogP contribution in [0.2, 0.25) is 0 Å². The summed E-state index contributed by atoms with van der Waals surface area (Å²) in [6, 6.07) is 0. The fourth-order valence-electron chi connectivity index (χ4n) is 2.68. The third kappa shape index (κ3) is 3.32. The molecule has 0 unspecified atom stereocenters. The Morgan fingerprint density at radius 1 is 1.19 bits per heavy atom. The summed E-state index contributed by atoms with van der Waals surface area (Å²) < 4.78 is 4.02. The normalized spacial score (nSPS) is 11.5. The summed E-state index contributed by atoms with van der Waals surface area (Å²) in [6.45, 7) is 10.7. The zero-order chi connectivity index (χ0) is 15.4. The number of hydrogen-bond donors (Lipinski definition) is 1. The topological polar surface area (TPSA) is 74.5 Å². The van der Waals surface area contributed by atoms with Crippen LogP contribution in [-0.4, -0.2) is 24.5 Å². The van der Waals surface area contributed by atoms with Crippen molar-refractivity contribution in [3.8, 4) is 0 Å². The van der Waals surface area contributed by atoms with Crippen molar-refractivity contribution in [3.63, 3.8) is 0 Å². The van der Waals surface area contributed by atoms with Gasteiger partial charge in [-0.25, -0.2) is 9.67 Å². The van der Waals surface area contributed by atoms with Gasteiger partial charge in [0.05, 0.1) is 5.69 Å². The van der Waals surface area contributed by atoms with E-state index in [-0.39, 0.29) is 0 Å². The van der Waals surface area contributed by atoms with Gasteiger partial charge >= 0.3 is 0 Å². The van der Waals surface area contributed by atoms with Crippen LogP contribution in [0, 0.1) is 5.92 Å².